The van der Waals surface area contributed by atoms with E-state index in [1.54, 1.807) is 24.3 Å². The van der Waals surface area contributed by atoms with E-state index in [-0.39, 0.29) is 11.7 Å². The molecule has 0 N–H and O–H groups in total. The SMILES string of the molecule is COC(=O)C1CCCN1C(=O)c1ccc(CS(C)(=O)=O)cc1. The van der Waals surface area contributed by atoms with E-state index in [1.807, 2.05) is 0 Å². The van der Waals surface area contributed by atoms with E-state index < -0.39 is 21.8 Å². The summed E-state index contributed by atoms with van der Waals surface area (Å²) in [4.78, 5) is 25.7. The van der Waals surface area contributed by atoms with Crippen molar-refractivity contribution in [3.8, 4) is 0 Å². The van der Waals surface area contributed by atoms with Crippen LogP contribution in [0.3, 0.4) is 0 Å². The van der Waals surface area contributed by atoms with Gasteiger partial charge in [0, 0.05) is 18.4 Å². The zero-order valence-electron chi connectivity index (χ0n) is 12.6. The number of benzene rings is 1. The highest BCUT2D eigenvalue weighted by molar-refractivity contribution is 7.89. The Hall–Kier alpha value is -1.89. The maximum atomic E-state index is 12.5. The van der Waals surface area contributed by atoms with Gasteiger partial charge in [-0.3, -0.25) is 4.79 Å². The number of nitrogens with zero attached hydrogens (tertiary/aromatic N) is 1. The molecule has 0 aliphatic carbocycles. The number of ether oxygens (including phenoxy) is 1. The van der Waals surface area contributed by atoms with E-state index in [2.05, 4.69) is 0 Å². The third-order valence-corrected chi connectivity index (χ3v) is 4.47. The molecule has 1 atom stereocenters. The largest absolute Gasteiger partial charge is 0.467 e. The lowest BCUT2D eigenvalue weighted by Gasteiger charge is -2.22. The van der Waals surface area contributed by atoms with Crippen LogP contribution < -0.4 is 0 Å². The lowest BCUT2D eigenvalue weighted by atomic mass is 10.1. The van der Waals surface area contributed by atoms with E-state index in [9.17, 15) is 18.0 Å². The van der Waals surface area contributed by atoms with Crippen LogP contribution in [0.25, 0.3) is 0 Å². The minimum atomic E-state index is -3.11. The summed E-state index contributed by atoms with van der Waals surface area (Å²) in [7, 11) is -1.80. The molecule has 120 valence electrons. The second kappa shape index (κ2) is 6.48. The minimum absolute atomic E-state index is 0.0596. The highest BCUT2D eigenvalue weighted by Gasteiger charge is 2.35. The van der Waals surface area contributed by atoms with E-state index in [0.717, 1.165) is 12.7 Å². The molecule has 1 unspecified atom stereocenters. The molecule has 22 heavy (non-hydrogen) atoms. The molecular weight excluding hydrogens is 306 g/mol. The standard InChI is InChI=1S/C15H19NO5S/c1-21-15(18)13-4-3-9-16(13)14(17)12-7-5-11(6-8-12)10-22(2,19)20/h5-8,13H,3-4,9-10H2,1-2H3. The molecular formula is C15H19NO5S. The normalized spacial score (nSPS) is 18.3. The molecule has 0 radical (unpaired) electrons. The second-order valence-corrected chi connectivity index (χ2v) is 7.59. The number of carbonyl (C=O) groups is 2. The molecule has 1 fully saturated rings. The summed E-state index contributed by atoms with van der Waals surface area (Å²) in [6.07, 6.45) is 2.53. The van der Waals surface area contributed by atoms with E-state index in [1.165, 1.54) is 12.0 Å². The maximum Gasteiger partial charge on any atom is 0.328 e. The van der Waals surface area contributed by atoms with Gasteiger partial charge in [0.25, 0.3) is 5.91 Å². The Kier molecular flexibility index (Phi) is 4.85. The van der Waals surface area contributed by atoms with Crippen molar-refractivity contribution in [3.05, 3.63) is 35.4 Å². The number of carbonyl (C=O) groups excluding carboxylic acids is 2. The Morgan fingerprint density at radius 2 is 1.91 bits per heavy atom. The molecule has 2 rings (SSSR count). The molecule has 0 aromatic heterocycles. The topological polar surface area (TPSA) is 80.8 Å². The molecule has 7 heteroatoms. The summed E-state index contributed by atoms with van der Waals surface area (Å²) in [5.74, 6) is -0.700. The van der Waals surface area contributed by atoms with Gasteiger partial charge in [0.05, 0.1) is 12.9 Å². The van der Waals surface area contributed by atoms with Crippen molar-refractivity contribution >= 4 is 21.7 Å². The number of hydrogen-bond acceptors (Lipinski definition) is 5. The first-order valence-corrected chi connectivity index (χ1v) is 9.03. The van der Waals surface area contributed by atoms with Crippen LogP contribution in [0.2, 0.25) is 0 Å². The first kappa shape index (κ1) is 16.5. The van der Waals surface area contributed by atoms with Gasteiger partial charge < -0.3 is 9.64 Å². The van der Waals surface area contributed by atoms with Crippen LogP contribution in [0, 0.1) is 0 Å². The minimum Gasteiger partial charge on any atom is -0.467 e. The van der Waals surface area contributed by atoms with Crippen LogP contribution in [0.15, 0.2) is 24.3 Å². The summed E-state index contributed by atoms with van der Waals surface area (Å²) in [6, 6.07) is 5.90. The zero-order chi connectivity index (χ0) is 16.3. The van der Waals surface area contributed by atoms with Gasteiger partial charge in [-0.15, -0.1) is 0 Å². The molecule has 1 saturated heterocycles. The lowest BCUT2D eigenvalue weighted by Crippen LogP contribution is -2.41. The summed E-state index contributed by atoms with van der Waals surface area (Å²) in [5, 5.41) is 0. The van der Waals surface area contributed by atoms with Crippen LogP contribution in [-0.2, 0) is 25.1 Å². The summed E-state index contributed by atoms with van der Waals surface area (Å²) < 4.78 is 27.2. The van der Waals surface area contributed by atoms with Gasteiger partial charge in [-0.25, -0.2) is 13.2 Å². The summed E-state index contributed by atoms with van der Waals surface area (Å²) >= 11 is 0. The van der Waals surface area contributed by atoms with Crippen LogP contribution in [-0.4, -0.2) is 51.1 Å². The average molecular weight is 325 g/mol. The quantitative estimate of drug-likeness (QED) is 0.772. The molecule has 1 aromatic carbocycles. The third kappa shape index (κ3) is 3.85. The van der Waals surface area contributed by atoms with Gasteiger partial charge in [0.15, 0.2) is 9.84 Å². The van der Waals surface area contributed by atoms with Gasteiger partial charge in [-0.2, -0.15) is 0 Å². The van der Waals surface area contributed by atoms with Crippen molar-refractivity contribution in [1.29, 1.82) is 0 Å². The van der Waals surface area contributed by atoms with Crippen molar-refractivity contribution in [2.45, 2.75) is 24.6 Å². The molecule has 0 saturated carbocycles. The first-order chi connectivity index (χ1) is 10.3. The monoisotopic (exact) mass is 325 g/mol. The Bertz CT molecular complexity index is 666. The molecule has 1 aliphatic heterocycles. The molecule has 0 bridgehead atoms. The first-order valence-electron chi connectivity index (χ1n) is 6.97. The van der Waals surface area contributed by atoms with Gasteiger partial charge in [-0.05, 0) is 30.5 Å². The maximum absolute atomic E-state index is 12.5. The Labute approximate surface area is 130 Å². The van der Waals surface area contributed by atoms with Crippen LogP contribution in [0.5, 0.6) is 0 Å². The van der Waals surface area contributed by atoms with Crippen molar-refractivity contribution in [1.82, 2.24) is 4.90 Å². The number of rotatable bonds is 4. The average Bonchev–Trinajstić information content (AvgIpc) is 2.94. The van der Waals surface area contributed by atoms with Crippen molar-refractivity contribution in [3.63, 3.8) is 0 Å². The van der Waals surface area contributed by atoms with Crippen molar-refractivity contribution < 1.29 is 22.7 Å². The van der Waals surface area contributed by atoms with Crippen LogP contribution in [0.4, 0.5) is 0 Å². The van der Waals surface area contributed by atoms with Crippen LogP contribution in [0.1, 0.15) is 28.8 Å². The number of hydrogen-bond donors (Lipinski definition) is 0. The van der Waals surface area contributed by atoms with E-state index in [0.29, 0.717) is 24.1 Å². The van der Waals surface area contributed by atoms with E-state index >= 15 is 0 Å². The Morgan fingerprint density at radius 3 is 2.45 bits per heavy atom. The number of methoxy groups -OCH3 is 1. The molecule has 1 heterocycles. The second-order valence-electron chi connectivity index (χ2n) is 5.45. The van der Waals surface area contributed by atoms with Crippen molar-refractivity contribution in [2.75, 3.05) is 19.9 Å². The molecule has 6 nitrogen and oxygen atoms in total. The third-order valence-electron chi connectivity index (χ3n) is 3.62. The van der Waals surface area contributed by atoms with Crippen molar-refractivity contribution in [2.24, 2.45) is 0 Å². The number of sulfone groups is 1. The number of esters is 1. The van der Waals surface area contributed by atoms with Crippen LogP contribution >= 0.6 is 0 Å². The zero-order valence-corrected chi connectivity index (χ0v) is 13.4. The van der Waals surface area contributed by atoms with Gasteiger partial charge in [0.2, 0.25) is 0 Å². The molecule has 0 spiro atoms. The summed E-state index contributed by atoms with van der Waals surface area (Å²) in [5.41, 5.74) is 1.07. The summed E-state index contributed by atoms with van der Waals surface area (Å²) in [6.45, 7) is 0.518. The fourth-order valence-corrected chi connectivity index (χ4v) is 3.40. The van der Waals surface area contributed by atoms with Gasteiger partial charge >= 0.3 is 5.97 Å². The predicted molar refractivity (Wildman–Crippen MR) is 81.1 cm³/mol. The van der Waals surface area contributed by atoms with Gasteiger partial charge in [0.1, 0.15) is 6.04 Å². The molecule has 1 amide bonds. The lowest BCUT2D eigenvalue weighted by molar-refractivity contribution is -0.145. The Morgan fingerprint density at radius 1 is 1.27 bits per heavy atom. The molecule has 1 aliphatic rings. The van der Waals surface area contributed by atoms with E-state index in [4.69, 9.17) is 4.74 Å². The highest BCUT2D eigenvalue weighted by atomic mass is 32.2. The number of likely N-dealkylation sites (tertiary alicyclic amines) is 1. The fourth-order valence-electron chi connectivity index (χ4n) is 2.60. The predicted octanol–water partition coefficient (Wildman–Crippen LogP) is 1.01. The fraction of sp³-hybridized carbons (Fsp3) is 0.467. The molecule has 1 aromatic rings. The highest BCUT2D eigenvalue weighted by Crippen LogP contribution is 2.21. The smallest absolute Gasteiger partial charge is 0.328 e. The Balaban J connectivity index is 2.14. The van der Waals surface area contributed by atoms with Gasteiger partial charge in [-0.1, -0.05) is 12.1 Å². The number of amides is 1.